The third kappa shape index (κ3) is 5.33. The molecule has 0 spiro atoms. The van der Waals surface area contributed by atoms with Crippen molar-refractivity contribution in [2.45, 2.75) is 11.3 Å². The van der Waals surface area contributed by atoms with Crippen molar-refractivity contribution in [2.75, 3.05) is 20.1 Å². The van der Waals surface area contributed by atoms with E-state index in [1.165, 1.54) is 12.1 Å². The molecule has 0 aliphatic rings. The number of hydrogen-bond acceptors (Lipinski definition) is 5. The van der Waals surface area contributed by atoms with Gasteiger partial charge < -0.3 is 5.32 Å². The van der Waals surface area contributed by atoms with Crippen molar-refractivity contribution in [2.24, 2.45) is 0 Å². The van der Waals surface area contributed by atoms with Crippen molar-refractivity contribution in [3.05, 3.63) is 32.8 Å². The highest BCUT2D eigenvalue weighted by molar-refractivity contribution is 9.10. The number of nitro benzene ring substituents is 1. The molecule has 1 rings (SSSR count). The monoisotopic (exact) mass is 387 g/mol. The molecule has 0 fully saturated rings. The Bertz CT molecular complexity index is 568. The van der Waals surface area contributed by atoms with Gasteiger partial charge in [-0.1, -0.05) is 0 Å². The Morgan fingerprint density at radius 3 is 2.50 bits per heavy atom. The number of nitrogens with one attached hydrogen (secondary N) is 2. The summed E-state index contributed by atoms with van der Waals surface area (Å²) in [6.07, 6.45) is 0.657. The maximum Gasteiger partial charge on any atom is 0.283 e. The van der Waals surface area contributed by atoms with Gasteiger partial charge in [-0.2, -0.15) is 0 Å². The number of nitrogens with zero attached hydrogens (tertiary/aromatic N) is 1. The average molecular weight is 389 g/mol. The van der Waals surface area contributed by atoms with E-state index in [0.29, 0.717) is 19.5 Å². The molecule has 10 heteroatoms. The lowest BCUT2D eigenvalue weighted by molar-refractivity contribution is -0.385. The molecule has 0 bridgehead atoms. The SMILES string of the molecule is CNCCCNS(=O)(=O)c1ccc([N+](=O)[O-])c(Br)c1.Cl. The van der Waals surface area contributed by atoms with Gasteiger partial charge in [-0.05, 0) is 48.1 Å². The van der Waals surface area contributed by atoms with Gasteiger partial charge in [0, 0.05) is 12.6 Å². The number of hydrogen-bond donors (Lipinski definition) is 2. The highest BCUT2D eigenvalue weighted by Gasteiger charge is 2.18. The van der Waals surface area contributed by atoms with Crippen LogP contribution < -0.4 is 10.0 Å². The van der Waals surface area contributed by atoms with E-state index in [0.717, 1.165) is 6.07 Å². The highest BCUT2D eigenvalue weighted by Crippen LogP contribution is 2.27. The van der Waals surface area contributed by atoms with Gasteiger partial charge in [0.25, 0.3) is 5.69 Å². The highest BCUT2D eigenvalue weighted by atomic mass is 79.9. The van der Waals surface area contributed by atoms with Crippen LogP contribution in [0.1, 0.15) is 6.42 Å². The second kappa shape index (κ2) is 8.53. The van der Waals surface area contributed by atoms with E-state index in [1.54, 1.807) is 7.05 Å². The van der Waals surface area contributed by atoms with Gasteiger partial charge in [-0.25, -0.2) is 13.1 Å². The minimum absolute atomic E-state index is 0. The zero-order chi connectivity index (χ0) is 14.5. The summed E-state index contributed by atoms with van der Waals surface area (Å²) in [4.78, 5) is 10.0. The molecule has 0 aromatic heterocycles. The molecule has 0 unspecified atom stereocenters. The molecule has 0 atom stereocenters. The summed E-state index contributed by atoms with van der Waals surface area (Å²) in [6, 6.07) is 3.59. The van der Waals surface area contributed by atoms with E-state index < -0.39 is 14.9 Å². The van der Waals surface area contributed by atoms with E-state index in [2.05, 4.69) is 26.0 Å². The largest absolute Gasteiger partial charge is 0.320 e. The molecule has 1 aromatic rings. The van der Waals surface area contributed by atoms with E-state index in [4.69, 9.17) is 0 Å². The summed E-state index contributed by atoms with van der Waals surface area (Å²) in [5, 5.41) is 13.5. The fourth-order valence-electron chi connectivity index (χ4n) is 1.36. The second-order valence-electron chi connectivity index (χ2n) is 3.73. The predicted octanol–water partition coefficient (Wildman–Crippen LogP) is 1.67. The zero-order valence-corrected chi connectivity index (χ0v) is 13.8. The van der Waals surface area contributed by atoms with Gasteiger partial charge in [0.05, 0.1) is 14.3 Å². The predicted molar refractivity (Wildman–Crippen MR) is 81.8 cm³/mol. The lowest BCUT2D eigenvalue weighted by Crippen LogP contribution is -2.26. The molecule has 20 heavy (non-hydrogen) atoms. The van der Waals surface area contributed by atoms with Crippen LogP contribution in [-0.4, -0.2) is 33.5 Å². The smallest absolute Gasteiger partial charge is 0.283 e. The minimum Gasteiger partial charge on any atom is -0.320 e. The fourth-order valence-corrected chi connectivity index (χ4v) is 3.13. The summed E-state index contributed by atoms with van der Waals surface area (Å²) >= 11 is 2.99. The molecule has 114 valence electrons. The standard InChI is InChI=1S/C10H14BrN3O4S.ClH/c1-12-5-2-6-13-19(17,18)8-3-4-10(14(15)16)9(11)7-8;/h3-4,7,12-13H,2,5-6H2,1H3;1H. The Morgan fingerprint density at radius 1 is 1.35 bits per heavy atom. The summed E-state index contributed by atoms with van der Waals surface area (Å²) < 4.78 is 26.4. The molecule has 0 heterocycles. The molecule has 0 saturated heterocycles. The first-order chi connectivity index (χ1) is 8.88. The zero-order valence-electron chi connectivity index (χ0n) is 10.6. The average Bonchev–Trinajstić information content (AvgIpc) is 2.34. The van der Waals surface area contributed by atoms with Crippen LogP contribution in [0, 0.1) is 10.1 Å². The van der Waals surface area contributed by atoms with Gasteiger partial charge in [-0.15, -0.1) is 12.4 Å². The van der Waals surface area contributed by atoms with Gasteiger partial charge in [0.1, 0.15) is 0 Å². The molecule has 0 amide bonds. The van der Waals surface area contributed by atoms with Crippen molar-refractivity contribution >= 4 is 44.0 Å². The molecule has 0 aliphatic heterocycles. The van der Waals surface area contributed by atoms with E-state index in [-0.39, 0.29) is 27.5 Å². The lowest BCUT2D eigenvalue weighted by atomic mass is 10.3. The Hall–Kier alpha value is -0.740. The first-order valence-electron chi connectivity index (χ1n) is 5.46. The van der Waals surface area contributed by atoms with Gasteiger partial charge in [0.15, 0.2) is 0 Å². The Kier molecular flexibility index (Phi) is 8.21. The topological polar surface area (TPSA) is 101 Å². The number of benzene rings is 1. The van der Waals surface area contributed by atoms with Crippen molar-refractivity contribution < 1.29 is 13.3 Å². The third-order valence-electron chi connectivity index (χ3n) is 2.32. The Morgan fingerprint density at radius 2 is 2.00 bits per heavy atom. The molecule has 0 saturated carbocycles. The maximum absolute atomic E-state index is 11.9. The van der Waals surface area contributed by atoms with Gasteiger partial charge in [0.2, 0.25) is 10.0 Å². The molecule has 2 N–H and O–H groups in total. The quantitative estimate of drug-likeness (QED) is 0.420. The first-order valence-corrected chi connectivity index (χ1v) is 7.74. The molecule has 0 radical (unpaired) electrons. The number of rotatable bonds is 7. The van der Waals surface area contributed by atoms with E-state index in [1.807, 2.05) is 0 Å². The Labute approximate surface area is 131 Å². The molecule has 0 aliphatic carbocycles. The number of halogens is 2. The van der Waals surface area contributed by atoms with E-state index >= 15 is 0 Å². The lowest BCUT2D eigenvalue weighted by Gasteiger charge is -2.07. The molecular formula is C10H15BrClN3O4S. The fraction of sp³-hybridized carbons (Fsp3) is 0.400. The summed E-state index contributed by atoms with van der Waals surface area (Å²) in [6.45, 7) is 1.00. The summed E-state index contributed by atoms with van der Waals surface area (Å²) in [7, 11) is -1.86. The summed E-state index contributed by atoms with van der Waals surface area (Å²) in [5.74, 6) is 0. The number of nitro groups is 1. The maximum atomic E-state index is 11.9. The van der Waals surface area contributed by atoms with Crippen LogP contribution in [0.2, 0.25) is 0 Å². The van der Waals surface area contributed by atoms with Crippen LogP contribution in [0.3, 0.4) is 0 Å². The Balaban J connectivity index is 0.00000361. The van der Waals surface area contributed by atoms with Gasteiger partial charge >= 0.3 is 0 Å². The van der Waals surface area contributed by atoms with Crippen molar-refractivity contribution in [3.8, 4) is 0 Å². The van der Waals surface area contributed by atoms with Crippen molar-refractivity contribution in [1.29, 1.82) is 0 Å². The molecule has 1 aromatic carbocycles. The van der Waals surface area contributed by atoms with Crippen LogP contribution in [0.25, 0.3) is 0 Å². The van der Waals surface area contributed by atoms with Crippen molar-refractivity contribution in [1.82, 2.24) is 10.0 Å². The minimum atomic E-state index is -3.64. The summed E-state index contributed by atoms with van der Waals surface area (Å²) in [5.41, 5.74) is -0.172. The first kappa shape index (κ1) is 19.3. The second-order valence-corrected chi connectivity index (χ2v) is 6.35. The van der Waals surface area contributed by atoms with Crippen LogP contribution in [0.4, 0.5) is 5.69 Å². The van der Waals surface area contributed by atoms with Crippen LogP contribution >= 0.6 is 28.3 Å². The van der Waals surface area contributed by atoms with Crippen molar-refractivity contribution in [3.63, 3.8) is 0 Å². The van der Waals surface area contributed by atoms with Crippen LogP contribution in [0.15, 0.2) is 27.6 Å². The normalized spacial score (nSPS) is 10.9. The number of sulfonamides is 1. The van der Waals surface area contributed by atoms with Crippen LogP contribution in [-0.2, 0) is 10.0 Å². The molecule has 7 nitrogen and oxygen atoms in total. The van der Waals surface area contributed by atoms with Crippen LogP contribution in [0.5, 0.6) is 0 Å². The third-order valence-corrected chi connectivity index (χ3v) is 4.42. The van der Waals surface area contributed by atoms with E-state index in [9.17, 15) is 18.5 Å². The molecular weight excluding hydrogens is 374 g/mol. The van der Waals surface area contributed by atoms with Gasteiger partial charge in [-0.3, -0.25) is 10.1 Å².